The number of ether oxygens (including phenoxy) is 1. The average molecular weight is 251 g/mol. The Bertz CT molecular complexity index is 277. The maximum Gasteiger partial charge on any atom is 0.0708 e. The Hall–Kier alpha value is -0.0800. The van der Waals surface area contributed by atoms with Crippen molar-refractivity contribution in [3.05, 3.63) is 0 Å². The molecule has 3 rings (SSSR count). The molecule has 1 heterocycles. The average Bonchev–Trinajstić information content (AvgIpc) is 2.97. The molecule has 0 amide bonds. The Labute approximate surface area is 112 Å². The molecule has 2 nitrogen and oxygen atoms in total. The molecule has 0 aromatic rings. The van der Waals surface area contributed by atoms with Gasteiger partial charge >= 0.3 is 0 Å². The minimum absolute atomic E-state index is 0.293. The van der Waals surface area contributed by atoms with Gasteiger partial charge in [0.05, 0.1) is 11.7 Å². The summed E-state index contributed by atoms with van der Waals surface area (Å²) in [5.41, 5.74) is 0.701. The summed E-state index contributed by atoms with van der Waals surface area (Å²) in [6.07, 6.45) is 15.4. The van der Waals surface area contributed by atoms with E-state index >= 15 is 0 Å². The third kappa shape index (κ3) is 2.75. The SMILES string of the molecule is CC1(NCC2CCC3(CCCCC3)O2)CCCC1. The molecule has 1 unspecified atom stereocenters. The molecule has 0 aromatic heterocycles. The van der Waals surface area contributed by atoms with E-state index < -0.39 is 0 Å². The Morgan fingerprint density at radius 1 is 0.944 bits per heavy atom. The van der Waals surface area contributed by atoms with Crippen LogP contribution in [0.4, 0.5) is 0 Å². The van der Waals surface area contributed by atoms with Crippen LogP contribution in [0.3, 0.4) is 0 Å². The van der Waals surface area contributed by atoms with Crippen LogP contribution in [0.15, 0.2) is 0 Å². The Morgan fingerprint density at radius 2 is 1.61 bits per heavy atom. The van der Waals surface area contributed by atoms with E-state index in [1.54, 1.807) is 0 Å². The molecule has 2 aliphatic carbocycles. The lowest BCUT2D eigenvalue weighted by Gasteiger charge is -2.34. The Balaban J connectivity index is 1.47. The zero-order valence-corrected chi connectivity index (χ0v) is 12.0. The highest BCUT2D eigenvalue weighted by Gasteiger charge is 2.41. The Morgan fingerprint density at radius 3 is 2.33 bits per heavy atom. The van der Waals surface area contributed by atoms with Crippen molar-refractivity contribution in [3.8, 4) is 0 Å². The van der Waals surface area contributed by atoms with Crippen LogP contribution in [0.1, 0.15) is 77.6 Å². The fourth-order valence-electron chi connectivity index (χ4n) is 4.30. The summed E-state index contributed by atoms with van der Waals surface area (Å²) in [5.74, 6) is 0. The first-order valence-electron chi connectivity index (χ1n) is 8.13. The highest BCUT2D eigenvalue weighted by atomic mass is 16.5. The fourth-order valence-corrected chi connectivity index (χ4v) is 4.30. The van der Waals surface area contributed by atoms with Gasteiger partial charge in [0, 0.05) is 12.1 Å². The van der Waals surface area contributed by atoms with Gasteiger partial charge in [0.2, 0.25) is 0 Å². The van der Waals surface area contributed by atoms with Crippen LogP contribution < -0.4 is 5.32 Å². The Kier molecular flexibility index (Phi) is 3.68. The van der Waals surface area contributed by atoms with Gasteiger partial charge in [0.25, 0.3) is 0 Å². The largest absolute Gasteiger partial charge is 0.370 e. The molecule has 18 heavy (non-hydrogen) atoms. The van der Waals surface area contributed by atoms with Gasteiger partial charge < -0.3 is 10.1 Å². The van der Waals surface area contributed by atoms with E-state index in [0.717, 1.165) is 6.54 Å². The quantitative estimate of drug-likeness (QED) is 0.824. The summed E-state index contributed by atoms with van der Waals surface area (Å²) in [6.45, 7) is 3.48. The third-order valence-electron chi connectivity index (χ3n) is 5.57. The highest BCUT2D eigenvalue weighted by Crippen LogP contribution is 2.42. The van der Waals surface area contributed by atoms with Crippen LogP contribution in [0.5, 0.6) is 0 Å². The van der Waals surface area contributed by atoms with E-state index in [2.05, 4.69) is 12.2 Å². The van der Waals surface area contributed by atoms with Crippen molar-refractivity contribution < 1.29 is 4.74 Å². The van der Waals surface area contributed by atoms with Crippen molar-refractivity contribution in [2.24, 2.45) is 0 Å². The lowest BCUT2D eigenvalue weighted by molar-refractivity contribution is -0.0639. The molecular formula is C16H29NO. The maximum atomic E-state index is 6.43. The van der Waals surface area contributed by atoms with Crippen LogP contribution in [0.25, 0.3) is 0 Å². The monoisotopic (exact) mass is 251 g/mol. The molecule has 3 fully saturated rings. The van der Waals surface area contributed by atoms with E-state index in [-0.39, 0.29) is 0 Å². The minimum atomic E-state index is 0.293. The molecule has 1 spiro atoms. The maximum absolute atomic E-state index is 6.43. The van der Waals surface area contributed by atoms with Crippen LogP contribution in [-0.4, -0.2) is 23.8 Å². The molecule has 104 valence electrons. The minimum Gasteiger partial charge on any atom is -0.370 e. The molecule has 0 bridgehead atoms. The van der Waals surface area contributed by atoms with Gasteiger partial charge in [0.15, 0.2) is 0 Å². The fraction of sp³-hybridized carbons (Fsp3) is 1.00. The van der Waals surface area contributed by atoms with Crippen molar-refractivity contribution in [1.82, 2.24) is 5.32 Å². The van der Waals surface area contributed by atoms with Gasteiger partial charge in [-0.25, -0.2) is 0 Å². The van der Waals surface area contributed by atoms with Crippen LogP contribution >= 0.6 is 0 Å². The molecule has 1 aliphatic heterocycles. The molecule has 0 radical (unpaired) electrons. The molecule has 1 atom stereocenters. The van der Waals surface area contributed by atoms with E-state index in [9.17, 15) is 0 Å². The smallest absolute Gasteiger partial charge is 0.0708 e. The summed E-state index contributed by atoms with van der Waals surface area (Å²) in [7, 11) is 0. The van der Waals surface area contributed by atoms with E-state index in [4.69, 9.17) is 4.74 Å². The summed E-state index contributed by atoms with van der Waals surface area (Å²) in [6, 6.07) is 0. The number of nitrogens with one attached hydrogen (secondary N) is 1. The number of hydrogen-bond donors (Lipinski definition) is 1. The first-order chi connectivity index (χ1) is 8.70. The summed E-state index contributed by atoms with van der Waals surface area (Å²) in [4.78, 5) is 0. The van der Waals surface area contributed by atoms with Crippen molar-refractivity contribution in [2.45, 2.75) is 94.8 Å². The first-order valence-corrected chi connectivity index (χ1v) is 8.13. The highest BCUT2D eigenvalue weighted by molar-refractivity contribution is 4.94. The number of rotatable bonds is 3. The lowest BCUT2D eigenvalue weighted by atomic mass is 9.83. The van der Waals surface area contributed by atoms with Crippen molar-refractivity contribution in [2.75, 3.05) is 6.54 Å². The van der Waals surface area contributed by atoms with Crippen molar-refractivity contribution >= 4 is 0 Å². The summed E-state index contributed by atoms with van der Waals surface area (Å²) < 4.78 is 6.43. The molecular weight excluding hydrogens is 222 g/mol. The molecule has 2 heteroatoms. The second-order valence-electron chi connectivity index (χ2n) is 7.17. The molecule has 3 aliphatic rings. The zero-order valence-electron chi connectivity index (χ0n) is 12.0. The van der Waals surface area contributed by atoms with Gasteiger partial charge in [0.1, 0.15) is 0 Å². The van der Waals surface area contributed by atoms with E-state index in [1.165, 1.54) is 70.6 Å². The zero-order chi connectivity index (χ0) is 12.5. The summed E-state index contributed by atoms with van der Waals surface area (Å²) in [5, 5.41) is 3.80. The van der Waals surface area contributed by atoms with E-state index in [0.29, 0.717) is 17.2 Å². The van der Waals surface area contributed by atoms with Crippen LogP contribution in [0, 0.1) is 0 Å². The standard InChI is InChI=1S/C16H29NO/c1-15(8-5-6-9-15)17-13-14-7-12-16(18-14)10-3-2-4-11-16/h14,17H,2-13H2,1H3. The van der Waals surface area contributed by atoms with Crippen LogP contribution in [-0.2, 0) is 4.74 Å². The predicted octanol–water partition coefficient (Wildman–Crippen LogP) is 3.79. The number of hydrogen-bond acceptors (Lipinski definition) is 2. The van der Waals surface area contributed by atoms with Crippen molar-refractivity contribution in [3.63, 3.8) is 0 Å². The van der Waals surface area contributed by atoms with Gasteiger partial charge in [-0.2, -0.15) is 0 Å². The molecule has 0 aromatic carbocycles. The molecule has 2 saturated carbocycles. The van der Waals surface area contributed by atoms with Gasteiger partial charge in [-0.05, 0) is 45.4 Å². The van der Waals surface area contributed by atoms with Gasteiger partial charge in [-0.15, -0.1) is 0 Å². The van der Waals surface area contributed by atoms with Crippen molar-refractivity contribution in [1.29, 1.82) is 0 Å². The second kappa shape index (κ2) is 5.13. The summed E-state index contributed by atoms with van der Waals surface area (Å²) >= 11 is 0. The normalized spacial score (nSPS) is 34.2. The third-order valence-corrected chi connectivity index (χ3v) is 5.57. The first kappa shape index (κ1) is 12.9. The van der Waals surface area contributed by atoms with Gasteiger partial charge in [-0.3, -0.25) is 0 Å². The lowest BCUT2D eigenvalue weighted by Crippen LogP contribution is -2.44. The topological polar surface area (TPSA) is 21.3 Å². The van der Waals surface area contributed by atoms with E-state index in [1.807, 2.05) is 0 Å². The predicted molar refractivity (Wildman–Crippen MR) is 74.8 cm³/mol. The van der Waals surface area contributed by atoms with Gasteiger partial charge in [-0.1, -0.05) is 32.1 Å². The van der Waals surface area contributed by atoms with Crippen LogP contribution in [0.2, 0.25) is 0 Å². The molecule has 1 N–H and O–H groups in total. The second-order valence-corrected chi connectivity index (χ2v) is 7.17. The molecule has 1 saturated heterocycles.